The molecule has 0 saturated carbocycles. The Kier molecular flexibility index (Phi) is 5.79. The number of nitrogens with zero attached hydrogens (tertiary/aromatic N) is 3. The van der Waals surface area contributed by atoms with E-state index in [9.17, 15) is 9.18 Å². The number of carbonyl (C=O) groups is 1. The summed E-state index contributed by atoms with van der Waals surface area (Å²) in [5.74, 6) is -0.326. The van der Waals surface area contributed by atoms with E-state index in [0.717, 1.165) is 48.3 Å². The van der Waals surface area contributed by atoms with Crippen LogP contribution in [0, 0.1) is 19.7 Å². The average Bonchev–Trinajstić information content (AvgIpc) is 3.18. The number of aromatic nitrogens is 2. The van der Waals surface area contributed by atoms with E-state index in [1.165, 1.54) is 12.1 Å². The summed E-state index contributed by atoms with van der Waals surface area (Å²) in [6.45, 7) is 5.26. The van der Waals surface area contributed by atoms with E-state index in [1.807, 2.05) is 30.9 Å². The molecule has 0 unspecified atom stereocenters. The van der Waals surface area contributed by atoms with E-state index in [1.54, 1.807) is 12.3 Å². The molecule has 0 aliphatic carbocycles. The minimum Gasteiger partial charge on any atom is -0.354 e. The molecule has 0 radical (unpaired) electrons. The fraction of sp³-hybridized carbons (Fsp3) is 0.286. The summed E-state index contributed by atoms with van der Waals surface area (Å²) in [5, 5.41) is 4.11. The van der Waals surface area contributed by atoms with Crippen molar-refractivity contribution in [3.05, 3.63) is 59.2 Å². The molecule has 5 nitrogen and oxygen atoms in total. The number of aryl methyl sites for hydroxylation is 2. The van der Waals surface area contributed by atoms with Gasteiger partial charge in [0.25, 0.3) is 5.91 Å². The second kappa shape index (κ2) is 8.10. The van der Waals surface area contributed by atoms with Gasteiger partial charge < -0.3 is 10.2 Å². The third-order valence-corrected chi connectivity index (χ3v) is 4.94. The van der Waals surface area contributed by atoms with Crippen LogP contribution in [-0.2, 0) is 0 Å². The Morgan fingerprint density at radius 1 is 1.14 bits per heavy atom. The Morgan fingerprint density at radius 3 is 2.61 bits per heavy atom. The Morgan fingerprint density at radius 2 is 1.89 bits per heavy atom. The van der Waals surface area contributed by atoms with E-state index in [0.29, 0.717) is 16.9 Å². The molecular weight excluding hydrogens is 379 g/mol. The molecule has 146 valence electrons. The largest absolute Gasteiger partial charge is 0.354 e. The first-order chi connectivity index (χ1) is 13.0. The minimum absolute atomic E-state index is 0. The van der Waals surface area contributed by atoms with Gasteiger partial charge in [0.2, 0.25) is 0 Å². The van der Waals surface area contributed by atoms with Gasteiger partial charge in [-0.1, -0.05) is 0 Å². The van der Waals surface area contributed by atoms with Gasteiger partial charge in [-0.05, 0) is 62.6 Å². The van der Waals surface area contributed by atoms with E-state index in [2.05, 4.69) is 15.3 Å². The van der Waals surface area contributed by atoms with Crippen LogP contribution in [0.25, 0.3) is 11.0 Å². The molecule has 3 heterocycles. The maximum Gasteiger partial charge on any atom is 0.257 e. The van der Waals surface area contributed by atoms with Crippen LogP contribution in [0.5, 0.6) is 0 Å². The van der Waals surface area contributed by atoms with Gasteiger partial charge in [0.15, 0.2) is 5.65 Å². The highest BCUT2D eigenvalue weighted by Crippen LogP contribution is 2.31. The number of hydrogen-bond donors (Lipinski definition) is 1. The third-order valence-electron chi connectivity index (χ3n) is 4.94. The predicted octanol–water partition coefficient (Wildman–Crippen LogP) is 4.79. The molecule has 1 N–H and O–H groups in total. The Labute approximate surface area is 169 Å². The van der Waals surface area contributed by atoms with Gasteiger partial charge >= 0.3 is 0 Å². The van der Waals surface area contributed by atoms with Gasteiger partial charge in [0, 0.05) is 36.1 Å². The second-order valence-electron chi connectivity index (χ2n) is 6.95. The first kappa shape index (κ1) is 20.0. The fourth-order valence-corrected chi connectivity index (χ4v) is 3.46. The summed E-state index contributed by atoms with van der Waals surface area (Å²) in [6.07, 6.45) is 3.64. The number of nitrogens with one attached hydrogen (secondary N) is 1. The lowest BCUT2D eigenvalue weighted by Crippen LogP contribution is -2.28. The van der Waals surface area contributed by atoms with Crippen LogP contribution in [0.15, 0.2) is 36.5 Å². The summed E-state index contributed by atoms with van der Waals surface area (Å²) >= 11 is 0. The van der Waals surface area contributed by atoms with Crippen molar-refractivity contribution in [1.82, 2.24) is 14.9 Å². The summed E-state index contributed by atoms with van der Waals surface area (Å²) < 4.78 is 13.5. The predicted molar refractivity (Wildman–Crippen MR) is 111 cm³/mol. The van der Waals surface area contributed by atoms with Crippen LogP contribution >= 0.6 is 12.4 Å². The van der Waals surface area contributed by atoms with Crippen molar-refractivity contribution in [2.75, 3.05) is 18.4 Å². The molecule has 1 aliphatic heterocycles. The van der Waals surface area contributed by atoms with Crippen molar-refractivity contribution < 1.29 is 9.18 Å². The maximum atomic E-state index is 13.5. The Balaban J connectivity index is 0.00000225. The number of rotatable bonds is 3. The normalized spacial score (nSPS) is 13.5. The van der Waals surface area contributed by atoms with E-state index in [-0.39, 0.29) is 24.1 Å². The van der Waals surface area contributed by atoms with Crippen LogP contribution in [0.1, 0.15) is 34.5 Å². The number of hydrogen-bond acceptors (Lipinski definition) is 4. The van der Waals surface area contributed by atoms with Gasteiger partial charge in [-0.15, -0.1) is 12.4 Å². The van der Waals surface area contributed by atoms with Crippen molar-refractivity contribution >= 4 is 40.7 Å². The number of pyridine rings is 2. The standard InChI is InChI=1S/C21H21FN4O.ClH/c1-13-11-15(22)6-8-18(13)25-19-16-7-5-14(2)24-20(16)23-12-17(19)21(27)26-9-3-4-10-26;/h5-8,11-12H,3-4,9-10H2,1-2H3,(H,23,24,25);1H. The molecule has 3 aromatic rings. The number of halogens is 2. The SMILES string of the molecule is Cc1ccc2c(Nc3ccc(F)cc3C)c(C(=O)N3CCCC3)cnc2n1.Cl. The molecule has 1 fully saturated rings. The molecule has 1 amide bonds. The Bertz CT molecular complexity index is 1030. The van der Waals surface area contributed by atoms with Gasteiger partial charge in [0.1, 0.15) is 5.82 Å². The lowest BCUT2D eigenvalue weighted by atomic mass is 10.1. The molecule has 0 atom stereocenters. The number of anilines is 2. The minimum atomic E-state index is -0.289. The monoisotopic (exact) mass is 400 g/mol. The number of fused-ring (bicyclic) bond motifs is 1. The van der Waals surface area contributed by atoms with E-state index < -0.39 is 0 Å². The highest BCUT2D eigenvalue weighted by molar-refractivity contribution is 6.07. The average molecular weight is 401 g/mol. The van der Waals surface area contributed by atoms with Crippen molar-refractivity contribution in [3.8, 4) is 0 Å². The van der Waals surface area contributed by atoms with Gasteiger partial charge in [-0.3, -0.25) is 4.79 Å². The van der Waals surface area contributed by atoms with Crippen molar-refractivity contribution in [1.29, 1.82) is 0 Å². The molecule has 7 heteroatoms. The van der Waals surface area contributed by atoms with E-state index >= 15 is 0 Å². The summed E-state index contributed by atoms with van der Waals surface area (Å²) in [6, 6.07) is 8.38. The number of likely N-dealkylation sites (tertiary alicyclic amines) is 1. The molecule has 1 saturated heterocycles. The summed E-state index contributed by atoms with van der Waals surface area (Å²) in [5.41, 5.74) is 4.13. The quantitative estimate of drug-likeness (QED) is 0.686. The van der Waals surface area contributed by atoms with Gasteiger partial charge in [-0.2, -0.15) is 0 Å². The zero-order valence-corrected chi connectivity index (χ0v) is 16.6. The van der Waals surface area contributed by atoms with Crippen molar-refractivity contribution in [3.63, 3.8) is 0 Å². The summed E-state index contributed by atoms with van der Waals surface area (Å²) in [7, 11) is 0. The molecule has 4 rings (SSSR count). The lowest BCUT2D eigenvalue weighted by molar-refractivity contribution is 0.0793. The van der Waals surface area contributed by atoms with Crippen LogP contribution in [0.3, 0.4) is 0 Å². The van der Waals surface area contributed by atoms with Crippen LogP contribution < -0.4 is 5.32 Å². The first-order valence-corrected chi connectivity index (χ1v) is 9.12. The fourth-order valence-electron chi connectivity index (χ4n) is 3.46. The highest BCUT2D eigenvalue weighted by Gasteiger charge is 2.24. The van der Waals surface area contributed by atoms with Crippen LogP contribution in [0.2, 0.25) is 0 Å². The first-order valence-electron chi connectivity index (χ1n) is 9.12. The zero-order chi connectivity index (χ0) is 19.0. The maximum absolute atomic E-state index is 13.5. The number of benzene rings is 1. The highest BCUT2D eigenvalue weighted by atomic mass is 35.5. The smallest absolute Gasteiger partial charge is 0.257 e. The molecule has 1 aromatic carbocycles. The van der Waals surface area contributed by atoms with Crippen molar-refractivity contribution in [2.45, 2.75) is 26.7 Å². The molecule has 0 spiro atoms. The van der Waals surface area contributed by atoms with Crippen molar-refractivity contribution in [2.24, 2.45) is 0 Å². The van der Waals surface area contributed by atoms with E-state index in [4.69, 9.17) is 0 Å². The zero-order valence-electron chi connectivity index (χ0n) is 15.8. The van der Waals surface area contributed by atoms with Crippen LogP contribution in [0.4, 0.5) is 15.8 Å². The van der Waals surface area contributed by atoms with Gasteiger partial charge in [0.05, 0.1) is 11.3 Å². The summed E-state index contributed by atoms with van der Waals surface area (Å²) in [4.78, 5) is 23.8. The molecule has 0 bridgehead atoms. The number of carbonyl (C=O) groups excluding carboxylic acids is 1. The second-order valence-corrected chi connectivity index (χ2v) is 6.95. The lowest BCUT2D eigenvalue weighted by Gasteiger charge is -2.20. The van der Waals surface area contributed by atoms with Gasteiger partial charge in [-0.25, -0.2) is 14.4 Å². The van der Waals surface area contributed by atoms with Crippen LogP contribution in [-0.4, -0.2) is 33.9 Å². The topological polar surface area (TPSA) is 58.1 Å². The Hall–Kier alpha value is -2.73. The number of amides is 1. The third kappa shape index (κ3) is 3.78. The molecule has 1 aliphatic rings. The molecule has 28 heavy (non-hydrogen) atoms. The molecular formula is C21H22ClFN4O. The molecule has 2 aromatic heterocycles.